The van der Waals surface area contributed by atoms with E-state index in [9.17, 15) is 0 Å². The van der Waals surface area contributed by atoms with Crippen LogP contribution in [0.4, 0.5) is 5.69 Å². The normalized spacial score (nSPS) is 18.6. The van der Waals surface area contributed by atoms with E-state index in [0.717, 1.165) is 6.54 Å². The zero-order valence-corrected chi connectivity index (χ0v) is 11.9. The summed E-state index contributed by atoms with van der Waals surface area (Å²) in [6, 6.07) is 9.49. The molecule has 0 bridgehead atoms. The molecule has 2 N–H and O–H groups in total. The maximum Gasteiger partial charge on any atom is 0.0440 e. The Morgan fingerprint density at radius 3 is 2.61 bits per heavy atom. The van der Waals surface area contributed by atoms with Gasteiger partial charge in [-0.05, 0) is 43.7 Å². The van der Waals surface area contributed by atoms with Crippen LogP contribution >= 0.6 is 0 Å². The van der Waals surface area contributed by atoms with Crippen molar-refractivity contribution in [2.75, 3.05) is 11.4 Å². The van der Waals surface area contributed by atoms with E-state index in [0.29, 0.717) is 12.0 Å². The third kappa shape index (κ3) is 2.86. The zero-order valence-electron chi connectivity index (χ0n) is 11.9. The summed E-state index contributed by atoms with van der Waals surface area (Å²) in [5.41, 5.74) is 9.12. The maximum atomic E-state index is 6.23. The standard InChI is InChI=1S/C16H26N2/c1-12(2)11-16(13(3)17)18-10-6-8-14-7-4-5-9-15(14)18/h4-5,7,9,12-13,16H,6,8,10-11,17H2,1-3H3. The molecule has 0 amide bonds. The van der Waals surface area contributed by atoms with Crippen molar-refractivity contribution >= 4 is 5.69 Å². The Balaban J connectivity index is 2.26. The smallest absolute Gasteiger partial charge is 0.0440 e. The van der Waals surface area contributed by atoms with E-state index >= 15 is 0 Å². The maximum absolute atomic E-state index is 6.23. The molecule has 18 heavy (non-hydrogen) atoms. The van der Waals surface area contributed by atoms with E-state index in [1.807, 2.05) is 0 Å². The number of hydrogen-bond acceptors (Lipinski definition) is 2. The second-order valence-electron chi connectivity index (χ2n) is 5.98. The van der Waals surface area contributed by atoms with E-state index in [2.05, 4.69) is 49.9 Å². The summed E-state index contributed by atoms with van der Waals surface area (Å²) in [4.78, 5) is 2.55. The Hall–Kier alpha value is -1.02. The molecule has 2 rings (SSSR count). The van der Waals surface area contributed by atoms with Gasteiger partial charge in [0.25, 0.3) is 0 Å². The van der Waals surface area contributed by atoms with Crippen molar-refractivity contribution in [1.29, 1.82) is 0 Å². The highest BCUT2D eigenvalue weighted by atomic mass is 15.2. The van der Waals surface area contributed by atoms with Crippen molar-refractivity contribution in [3.63, 3.8) is 0 Å². The van der Waals surface area contributed by atoms with E-state index in [-0.39, 0.29) is 6.04 Å². The second-order valence-corrected chi connectivity index (χ2v) is 5.98. The van der Waals surface area contributed by atoms with E-state index in [1.54, 1.807) is 0 Å². The predicted molar refractivity (Wildman–Crippen MR) is 79.0 cm³/mol. The Bertz CT molecular complexity index is 384. The van der Waals surface area contributed by atoms with Crippen molar-refractivity contribution < 1.29 is 0 Å². The molecular formula is C16H26N2. The van der Waals surface area contributed by atoms with Crippen molar-refractivity contribution in [2.45, 2.75) is 52.1 Å². The van der Waals surface area contributed by atoms with Crippen LogP contribution in [0, 0.1) is 5.92 Å². The first-order chi connectivity index (χ1) is 8.59. The molecule has 0 aromatic heterocycles. The monoisotopic (exact) mass is 246 g/mol. The predicted octanol–water partition coefficient (Wildman–Crippen LogP) is 3.20. The summed E-state index contributed by atoms with van der Waals surface area (Å²) in [5, 5.41) is 0. The molecular weight excluding hydrogens is 220 g/mol. The number of rotatable bonds is 4. The fourth-order valence-corrected chi connectivity index (χ4v) is 3.02. The van der Waals surface area contributed by atoms with Gasteiger partial charge in [0.05, 0.1) is 0 Å². The van der Waals surface area contributed by atoms with Gasteiger partial charge in [0.2, 0.25) is 0 Å². The molecule has 1 aromatic carbocycles. The zero-order chi connectivity index (χ0) is 13.1. The highest BCUT2D eigenvalue weighted by Crippen LogP contribution is 2.30. The van der Waals surface area contributed by atoms with Gasteiger partial charge in [0.15, 0.2) is 0 Å². The molecule has 0 saturated carbocycles. The number of benzene rings is 1. The van der Waals surface area contributed by atoms with Crippen LogP contribution in [0.25, 0.3) is 0 Å². The molecule has 0 radical (unpaired) electrons. The van der Waals surface area contributed by atoms with Crippen LogP contribution in [0.5, 0.6) is 0 Å². The molecule has 1 aliphatic heterocycles. The van der Waals surface area contributed by atoms with Crippen LogP contribution in [0.3, 0.4) is 0 Å². The van der Waals surface area contributed by atoms with Gasteiger partial charge in [-0.2, -0.15) is 0 Å². The minimum Gasteiger partial charge on any atom is -0.367 e. The van der Waals surface area contributed by atoms with Gasteiger partial charge in [0.1, 0.15) is 0 Å². The van der Waals surface area contributed by atoms with Crippen LogP contribution in [0.15, 0.2) is 24.3 Å². The molecule has 0 fully saturated rings. The first-order valence-electron chi connectivity index (χ1n) is 7.19. The lowest BCUT2D eigenvalue weighted by atomic mass is 9.93. The summed E-state index contributed by atoms with van der Waals surface area (Å²) < 4.78 is 0. The number of nitrogens with zero attached hydrogens (tertiary/aromatic N) is 1. The molecule has 0 saturated heterocycles. The highest BCUT2D eigenvalue weighted by Gasteiger charge is 2.26. The Morgan fingerprint density at radius 2 is 1.94 bits per heavy atom. The third-order valence-electron chi connectivity index (χ3n) is 3.87. The number of para-hydroxylation sites is 1. The average Bonchev–Trinajstić information content (AvgIpc) is 2.35. The van der Waals surface area contributed by atoms with Crippen molar-refractivity contribution in [2.24, 2.45) is 11.7 Å². The fourth-order valence-electron chi connectivity index (χ4n) is 3.02. The van der Waals surface area contributed by atoms with Gasteiger partial charge < -0.3 is 10.6 Å². The molecule has 100 valence electrons. The average molecular weight is 246 g/mol. The Labute approximate surface area is 111 Å². The molecule has 2 heteroatoms. The quantitative estimate of drug-likeness (QED) is 0.884. The van der Waals surface area contributed by atoms with E-state index in [4.69, 9.17) is 5.73 Å². The van der Waals surface area contributed by atoms with Crippen LogP contribution in [0.2, 0.25) is 0 Å². The highest BCUT2D eigenvalue weighted by molar-refractivity contribution is 5.56. The number of aryl methyl sites for hydroxylation is 1. The largest absolute Gasteiger partial charge is 0.367 e. The van der Waals surface area contributed by atoms with Gasteiger partial charge in [-0.25, -0.2) is 0 Å². The van der Waals surface area contributed by atoms with Gasteiger partial charge in [-0.3, -0.25) is 0 Å². The second kappa shape index (κ2) is 5.75. The molecule has 1 heterocycles. The van der Waals surface area contributed by atoms with Crippen LogP contribution in [-0.2, 0) is 6.42 Å². The Morgan fingerprint density at radius 1 is 1.22 bits per heavy atom. The Kier molecular flexibility index (Phi) is 4.28. The molecule has 1 aliphatic rings. The number of anilines is 1. The van der Waals surface area contributed by atoms with Crippen molar-refractivity contribution in [3.8, 4) is 0 Å². The fraction of sp³-hybridized carbons (Fsp3) is 0.625. The number of fused-ring (bicyclic) bond motifs is 1. The summed E-state index contributed by atoms with van der Waals surface area (Å²) in [6.45, 7) is 7.86. The molecule has 0 spiro atoms. The topological polar surface area (TPSA) is 29.3 Å². The van der Waals surface area contributed by atoms with Crippen molar-refractivity contribution in [1.82, 2.24) is 0 Å². The van der Waals surface area contributed by atoms with Gasteiger partial charge in [-0.1, -0.05) is 32.0 Å². The van der Waals surface area contributed by atoms with Gasteiger partial charge >= 0.3 is 0 Å². The first-order valence-corrected chi connectivity index (χ1v) is 7.19. The summed E-state index contributed by atoms with van der Waals surface area (Å²) in [6.07, 6.45) is 3.63. The number of nitrogens with two attached hydrogens (primary N) is 1. The summed E-state index contributed by atoms with van der Waals surface area (Å²) in [7, 11) is 0. The summed E-state index contributed by atoms with van der Waals surface area (Å²) >= 11 is 0. The lowest BCUT2D eigenvalue weighted by molar-refractivity contribution is 0.411. The molecule has 2 atom stereocenters. The molecule has 1 aromatic rings. The minimum atomic E-state index is 0.221. The van der Waals surface area contributed by atoms with E-state index < -0.39 is 0 Å². The minimum absolute atomic E-state index is 0.221. The van der Waals surface area contributed by atoms with Crippen molar-refractivity contribution in [3.05, 3.63) is 29.8 Å². The molecule has 2 nitrogen and oxygen atoms in total. The third-order valence-corrected chi connectivity index (χ3v) is 3.87. The molecule has 2 unspecified atom stereocenters. The van der Waals surface area contributed by atoms with Gasteiger partial charge in [-0.15, -0.1) is 0 Å². The van der Waals surface area contributed by atoms with Crippen LogP contribution in [-0.4, -0.2) is 18.6 Å². The van der Waals surface area contributed by atoms with Gasteiger partial charge in [0, 0.05) is 24.3 Å². The van der Waals surface area contributed by atoms with Crippen LogP contribution < -0.4 is 10.6 Å². The summed E-state index contributed by atoms with van der Waals surface area (Å²) in [5.74, 6) is 0.690. The van der Waals surface area contributed by atoms with Crippen LogP contribution in [0.1, 0.15) is 39.2 Å². The lowest BCUT2D eigenvalue weighted by Crippen LogP contribution is -2.49. The number of hydrogen-bond donors (Lipinski definition) is 1. The first kappa shape index (κ1) is 13.4. The molecule has 0 aliphatic carbocycles. The lowest BCUT2D eigenvalue weighted by Gasteiger charge is -2.40. The van der Waals surface area contributed by atoms with E-state index in [1.165, 1.54) is 30.5 Å². The SMILES string of the molecule is CC(C)CC(C(C)N)N1CCCc2ccccc21.